The Balaban J connectivity index is 2.53. The molecule has 0 atom stereocenters. The molecule has 0 unspecified atom stereocenters. The highest BCUT2D eigenvalue weighted by Gasteiger charge is 2.11. The average molecular weight is 230 g/mol. The number of primary amides is 1. The second kappa shape index (κ2) is 3.93. The quantitative estimate of drug-likeness (QED) is 0.811. The number of benzene rings is 1. The molecular weight excluding hydrogens is 216 g/mol. The van der Waals surface area contributed by atoms with E-state index >= 15 is 0 Å². The van der Waals surface area contributed by atoms with Gasteiger partial charge >= 0.3 is 0 Å². The van der Waals surface area contributed by atoms with Gasteiger partial charge in [0.05, 0.1) is 5.69 Å². The molecule has 17 heavy (non-hydrogen) atoms. The van der Waals surface area contributed by atoms with Crippen molar-refractivity contribution in [1.82, 2.24) is 9.78 Å². The van der Waals surface area contributed by atoms with Gasteiger partial charge in [0.25, 0.3) is 5.91 Å². The molecule has 5 heteroatoms. The summed E-state index contributed by atoms with van der Waals surface area (Å²) in [5.74, 6) is -0.421. The molecule has 0 fully saturated rings. The van der Waals surface area contributed by atoms with Crippen molar-refractivity contribution >= 4 is 11.7 Å². The summed E-state index contributed by atoms with van der Waals surface area (Å²) in [6.07, 6.45) is 1.55. The van der Waals surface area contributed by atoms with E-state index in [9.17, 15) is 4.79 Å². The number of carbonyl (C=O) groups excluding carboxylic acids is 1. The van der Waals surface area contributed by atoms with Crippen LogP contribution in [0.2, 0.25) is 0 Å². The van der Waals surface area contributed by atoms with Gasteiger partial charge in [-0.05, 0) is 37.1 Å². The Bertz CT molecular complexity index is 566. The average Bonchev–Trinajstić information content (AvgIpc) is 2.59. The molecule has 2 rings (SSSR count). The Hall–Kier alpha value is -2.30. The number of aromatic nitrogens is 2. The Morgan fingerprint density at radius 1 is 1.24 bits per heavy atom. The van der Waals surface area contributed by atoms with Crippen LogP contribution >= 0.6 is 0 Å². The number of anilines is 1. The van der Waals surface area contributed by atoms with Gasteiger partial charge in [-0.25, -0.2) is 4.68 Å². The third-order valence-electron chi connectivity index (χ3n) is 2.48. The summed E-state index contributed by atoms with van der Waals surface area (Å²) < 4.78 is 1.56. The van der Waals surface area contributed by atoms with Crippen molar-refractivity contribution in [2.75, 3.05) is 5.73 Å². The SMILES string of the molecule is Cc1cc(C)cc(-n2cc(C(N)=O)c(N)n2)c1. The van der Waals surface area contributed by atoms with Gasteiger partial charge in [0.15, 0.2) is 5.82 Å². The maximum atomic E-state index is 11.1. The number of rotatable bonds is 2. The Labute approximate surface area is 99.0 Å². The van der Waals surface area contributed by atoms with Crippen LogP contribution in [-0.2, 0) is 0 Å². The van der Waals surface area contributed by atoms with Crippen LogP contribution in [0.3, 0.4) is 0 Å². The first-order chi connectivity index (χ1) is 7.97. The van der Waals surface area contributed by atoms with E-state index in [0.29, 0.717) is 0 Å². The highest BCUT2D eigenvalue weighted by atomic mass is 16.1. The maximum Gasteiger partial charge on any atom is 0.254 e. The monoisotopic (exact) mass is 230 g/mol. The molecule has 0 saturated heterocycles. The van der Waals surface area contributed by atoms with Crippen LogP contribution in [0.5, 0.6) is 0 Å². The summed E-state index contributed by atoms with van der Waals surface area (Å²) in [6.45, 7) is 4.00. The van der Waals surface area contributed by atoms with E-state index in [1.54, 1.807) is 10.9 Å². The fourth-order valence-electron chi connectivity index (χ4n) is 1.79. The molecule has 0 aliphatic rings. The molecule has 0 spiro atoms. The molecule has 0 radical (unpaired) electrons. The molecule has 5 nitrogen and oxygen atoms in total. The normalized spacial score (nSPS) is 10.5. The van der Waals surface area contributed by atoms with Gasteiger partial charge in [-0.15, -0.1) is 5.10 Å². The van der Waals surface area contributed by atoms with Crippen LogP contribution < -0.4 is 11.5 Å². The topological polar surface area (TPSA) is 86.9 Å². The zero-order valence-electron chi connectivity index (χ0n) is 9.77. The van der Waals surface area contributed by atoms with Crippen LogP contribution in [0, 0.1) is 13.8 Å². The van der Waals surface area contributed by atoms with Crippen LogP contribution in [0.15, 0.2) is 24.4 Å². The predicted molar refractivity (Wildman–Crippen MR) is 66.0 cm³/mol. The summed E-state index contributed by atoms with van der Waals surface area (Å²) >= 11 is 0. The van der Waals surface area contributed by atoms with Gasteiger partial charge in [0, 0.05) is 6.20 Å². The van der Waals surface area contributed by atoms with Gasteiger partial charge < -0.3 is 11.5 Å². The number of nitrogens with two attached hydrogens (primary N) is 2. The van der Waals surface area contributed by atoms with Crippen LogP contribution in [0.1, 0.15) is 21.5 Å². The second-order valence-electron chi connectivity index (χ2n) is 4.08. The molecule has 4 N–H and O–H groups in total. The third-order valence-corrected chi connectivity index (χ3v) is 2.48. The van der Waals surface area contributed by atoms with Crippen molar-refractivity contribution in [1.29, 1.82) is 0 Å². The standard InChI is InChI=1S/C12H14N4O/c1-7-3-8(2)5-9(4-7)16-6-10(12(14)17)11(13)15-16/h3-6H,1-2H3,(H2,13,15)(H2,14,17). The molecule has 1 heterocycles. The summed E-state index contributed by atoms with van der Waals surface area (Å²) in [7, 11) is 0. The second-order valence-corrected chi connectivity index (χ2v) is 4.08. The maximum absolute atomic E-state index is 11.1. The van der Waals surface area contributed by atoms with E-state index in [2.05, 4.69) is 11.2 Å². The van der Waals surface area contributed by atoms with E-state index in [1.165, 1.54) is 0 Å². The van der Waals surface area contributed by atoms with Gasteiger partial charge in [-0.1, -0.05) is 6.07 Å². The fourth-order valence-corrected chi connectivity index (χ4v) is 1.79. The molecule has 1 aromatic carbocycles. The first-order valence-electron chi connectivity index (χ1n) is 5.21. The number of hydrogen-bond acceptors (Lipinski definition) is 3. The van der Waals surface area contributed by atoms with Gasteiger partial charge in [-0.3, -0.25) is 4.79 Å². The first-order valence-corrected chi connectivity index (χ1v) is 5.21. The molecule has 0 saturated carbocycles. The van der Waals surface area contributed by atoms with Crippen molar-refractivity contribution in [2.24, 2.45) is 5.73 Å². The zero-order chi connectivity index (χ0) is 12.6. The van der Waals surface area contributed by atoms with Crippen molar-refractivity contribution in [3.8, 4) is 5.69 Å². The lowest BCUT2D eigenvalue weighted by molar-refractivity contribution is 0.100. The lowest BCUT2D eigenvalue weighted by Crippen LogP contribution is -2.11. The number of carbonyl (C=O) groups is 1. The van der Waals surface area contributed by atoms with Gasteiger partial charge in [0.1, 0.15) is 5.56 Å². The summed E-state index contributed by atoms with van der Waals surface area (Å²) in [4.78, 5) is 11.1. The van der Waals surface area contributed by atoms with Gasteiger partial charge in [0.2, 0.25) is 0 Å². The summed E-state index contributed by atoms with van der Waals surface area (Å²) in [6, 6.07) is 5.99. The summed E-state index contributed by atoms with van der Waals surface area (Å²) in [5, 5.41) is 4.08. The van der Waals surface area contributed by atoms with Crippen molar-refractivity contribution in [3.05, 3.63) is 41.1 Å². The van der Waals surface area contributed by atoms with Gasteiger partial charge in [-0.2, -0.15) is 0 Å². The molecule has 1 amide bonds. The third kappa shape index (κ3) is 2.13. The molecule has 0 bridgehead atoms. The largest absolute Gasteiger partial charge is 0.382 e. The van der Waals surface area contributed by atoms with E-state index in [1.807, 2.05) is 26.0 Å². The Morgan fingerprint density at radius 2 is 1.82 bits per heavy atom. The number of nitrogen functional groups attached to an aromatic ring is 1. The molecule has 0 aliphatic carbocycles. The smallest absolute Gasteiger partial charge is 0.254 e. The highest BCUT2D eigenvalue weighted by molar-refractivity contribution is 5.97. The Morgan fingerprint density at radius 3 is 2.29 bits per heavy atom. The first kappa shape index (κ1) is 11.2. The molecular formula is C12H14N4O. The fraction of sp³-hybridized carbons (Fsp3) is 0.167. The van der Waals surface area contributed by atoms with Crippen molar-refractivity contribution < 1.29 is 4.79 Å². The molecule has 2 aromatic rings. The molecule has 88 valence electrons. The Kier molecular flexibility index (Phi) is 2.59. The van der Waals surface area contributed by atoms with E-state index in [4.69, 9.17) is 11.5 Å². The van der Waals surface area contributed by atoms with Crippen molar-refractivity contribution in [3.63, 3.8) is 0 Å². The van der Waals surface area contributed by atoms with Crippen LogP contribution in [-0.4, -0.2) is 15.7 Å². The number of nitrogens with zero attached hydrogens (tertiary/aromatic N) is 2. The number of amides is 1. The number of aryl methyl sites for hydroxylation is 2. The molecule has 1 aromatic heterocycles. The minimum atomic E-state index is -0.571. The lowest BCUT2D eigenvalue weighted by atomic mass is 10.1. The van der Waals surface area contributed by atoms with E-state index < -0.39 is 5.91 Å². The van der Waals surface area contributed by atoms with E-state index in [-0.39, 0.29) is 11.4 Å². The zero-order valence-corrected chi connectivity index (χ0v) is 9.77. The predicted octanol–water partition coefficient (Wildman–Crippen LogP) is 1.17. The minimum Gasteiger partial charge on any atom is -0.382 e. The summed E-state index contributed by atoms with van der Waals surface area (Å²) in [5.41, 5.74) is 14.2. The lowest BCUT2D eigenvalue weighted by Gasteiger charge is -2.04. The number of hydrogen-bond donors (Lipinski definition) is 2. The molecule has 0 aliphatic heterocycles. The van der Waals surface area contributed by atoms with Crippen molar-refractivity contribution in [2.45, 2.75) is 13.8 Å². The van der Waals surface area contributed by atoms with E-state index in [0.717, 1.165) is 16.8 Å². The van der Waals surface area contributed by atoms with Crippen LogP contribution in [0.25, 0.3) is 5.69 Å². The van der Waals surface area contributed by atoms with Crippen LogP contribution in [0.4, 0.5) is 5.82 Å². The minimum absolute atomic E-state index is 0.150. The highest BCUT2D eigenvalue weighted by Crippen LogP contribution is 2.16.